The summed E-state index contributed by atoms with van der Waals surface area (Å²) >= 11 is 6.93. The molecule has 0 bridgehead atoms. The molecule has 0 aromatic heterocycles. The highest BCUT2D eigenvalue weighted by molar-refractivity contribution is 8.00. The SMILES string of the molecule is COc1ccc(C(=O)Nc2ccc(SC(C(=O)Nc3ccc(Cl)cc3C(F)(F)F)c3ccccc3)cc2)cc1OC. The lowest BCUT2D eigenvalue weighted by molar-refractivity contribution is -0.137. The van der Waals surface area contributed by atoms with Crippen molar-refractivity contribution in [2.75, 3.05) is 24.9 Å². The summed E-state index contributed by atoms with van der Waals surface area (Å²) in [6, 6.07) is 23.5. The Labute approximate surface area is 243 Å². The van der Waals surface area contributed by atoms with E-state index in [1.165, 1.54) is 20.3 Å². The highest BCUT2D eigenvalue weighted by Crippen LogP contribution is 2.40. The molecule has 1 atom stereocenters. The maximum absolute atomic E-state index is 13.6. The molecule has 2 N–H and O–H groups in total. The van der Waals surface area contributed by atoms with Crippen molar-refractivity contribution in [2.24, 2.45) is 0 Å². The smallest absolute Gasteiger partial charge is 0.418 e. The zero-order valence-corrected chi connectivity index (χ0v) is 23.4. The topological polar surface area (TPSA) is 76.7 Å². The molecule has 11 heteroatoms. The fraction of sp³-hybridized carbons (Fsp3) is 0.133. The zero-order valence-electron chi connectivity index (χ0n) is 21.8. The molecule has 4 aromatic carbocycles. The first-order valence-corrected chi connectivity index (χ1v) is 13.4. The molecule has 0 heterocycles. The fourth-order valence-corrected chi connectivity index (χ4v) is 5.09. The number of nitrogens with one attached hydrogen (secondary N) is 2. The van der Waals surface area contributed by atoms with Crippen molar-refractivity contribution in [3.05, 3.63) is 113 Å². The summed E-state index contributed by atoms with van der Waals surface area (Å²) < 4.78 is 51.3. The maximum Gasteiger partial charge on any atom is 0.418 e. The maximum atomic E-state index is 13.6. The van der Waals surface area contributed by atoms with E-state index in [1.807, 2.05) is 0 Å². The number of methoxy groups -OCH3 is 2. The van der Waals surface area contributed by atoms with Crippen molar-refractivity contribution in [1.82, 2.24) is 0 Å². The predicted molar refractivity (Wildman–Crippen MR) is 154 cm³/mol. The van der Waals surface area contributed by atoms with E-state index in [1.54, 1.807) is 72.8 Å². The molecule has 0 spiro atoms. The molecule has 1 unspecified atom stereocenters. The number of halogens is 4. The minimum atomic E-state index is -4.71. The average Bonchev–Trinajstić information content (AvgIpc) is 2.97. The number of carbonyl (C=O) groups is 2. The number of hydrogen-bond acceptors (Lipinski definition) is 5. The number of ether oxygens (including phenoxy) is 2. The van der Waals surface area contributed by atoms with E-state index in [9.17, 15) is 22.8 Å². The predicted octanol–water partition coefficient (Wildman–Crippen LogP) is 8.10. The molecule has 0 saturated carbocycles. The molecule has 0 radical (unpaired) electrons. The second-order valence-corrected chi connectivity index (χ2v) is 10.2. The van der Waals surface area contributed by atoms with Gasteiger partial charge in [0.2, 0.25) is 5.91 Å². The largest absolute Gasteiger partial charge is 0.493 e. The minimum Gasteiger partial charge on any atom is -0.493 e. The first kappa shape index (κ1) is 29.8. The lowest BCUT2D eigenvalue weighted by Gasteiger charge is -2.19. The van der Waals surface area contributed by atoms with Gasteiger partial charge in [-0.2, -0.15) is 13.2 Å². The summed E-state index contributed by atoms with van der Waals surface area (Å²) in [5, 5.41) is 4.25. The number of amides is 2. The van der Waals surface area contributed by atoms with Crippen LogP contribution in [0.25, 0.3) is 0 Å². The van der Waals surface area contributed by atoms with Crippen LogP contribution in [0.1, 0.15) is 26.7 Å². The van der Waals surface area contributed by atoms with Gasteiger partial charge in [-0.15, -0.1) is 11.8 Å². The van der Waals surface area contributed by atoms with Gasteiger partial charge in [-0.05, 0) is 66.2 Å². The monoisotopic (exact) mass is 600 g/mol. The molecular weight excluding hydrogens is 577 g/mol. The number of rotatable bonds is 9. The van der Waals surface area contributed by atoms with E-state index in [-0.39, 0.29) is 16.6 Å². The van der Waals surface area contributed by atoms with E-state index in [0.29, 0.717) is 33.2 Å². The van der Waals surface area contributed by atoms with Crippen LogP contribution in [0.15, 0.2) is 95.9 Å². The van der Waals surface area contributed by atoms with Gasteiger partial charge in [-0.3, -0.25) is 9.59 Å². The molecule has 41 heavy (non-hydrogen) atoms. The summed E-state index contributed by atoms with van der Waals surface area (Å²) in [6.07, 6.45) is -4.71. The van der Waals surface area contributed by atoms with Crippen LogP contribution in [0.5, 0.6) is 11.5 Å². The van der Waals surface area contributed by atoms with Gasteiger partial charge in [0, 0.05) is 21.2 Å². The van der Waals surface area contributed by atoms with Crippen LogP contribution in [-0.2, 0) is 11.0 Å². The van der Waals surface area contributed by atoms with E-state index < -0.39 is 22.9 Å². The lowest BCUT2D eigenvalue weighted by atomic mass is 10.1. The van der Waals surface area contributed by atoms with Crippen molar-refractivity contribution in [2.45, 2.75) is 16.3 Å². The van der Waals surface area contributed by atoms with Crippen LogP contribution in [0.4, 0.5) is 24.5 Å². The normalized spacial score (nSPS) is 11.9. The third kappa shape index (κ3) is 7.53. The molecule has 4 rings (SSSR count). The van der Waals surface area contributed by atoms with Gasteiger partial charge in [0.15, 0.2) is 11.5 Å². The Morgan fingerprint density at radius 3 is 2.15 bits per heavy atom. The summed E-state index contributed by atoms with van der Waals surface area (Å²) in [7, 11) is 2.98. The van der Waals surface area contributed by atoms with Gasteiger partial charge in [0.1, 0.15) is 5.25 Å². The van der Waals surface area contributed by atoms with Gasteiger partial charge < -0.3 is 20.1 Å². The van der Waals surface area contributed by atoms with Gasteiger partial charge in [0.05, 0.1) is 25.5 Å². The Bertz CT molecular complexity index is 1530. The van der Waals surface area contributed by atoms with Gasteiger partial charge in [-0.1, -0.05) is 41.9 Å². The molecule has 0 aliphatic carbocycles. The first-order chi connectivity index (χ1) is 19.6. The first-order valence-electron chi connectivity index (χ1n) is 12.1. The van der Waals surface area contributed by atoms with Crippen molar-refractivity contribution < 1.29 is 32.2 Å². The Kier molecular flexibility index (Phi) is 9.46. The molecule has 6 nitrogen and oxygen atoms in total. The quantitative estimate of drug-likeness (QED) is 0.190. The molecular formula is C30H24ClF3N2O4S. The van der Waals surface area contributed by atoms with Crippen LogP contribution in [0.3, 0.4) is 0 Å². The highest BCUT2D eigenvalue weighted by Gasteiger charge is 2.35. The lowest BCUT2D eigenvalue weighted by Crippen LogP contribution is -2.21. The van der Waals surface area contributed by atoms with Crippen LogP contribution in [-0.4, -0.2) is 26.0 Å². The van der Waals surface area contributed by atoms with Gasteiger partial charge in [0.25, 0.3) is 5.91 Å². The third-order valence-electron chi connectivity index (χ3n) is 5.90. The molecule has 4 aromatic rings. The molecule has 2 amide bonds. The van der Waals surface area contributed by atoms with Gasteiger partial charge in [-0.25, -0.2) is 0 Å². The molecule has 212 valence electrons. The van der Waals surface area contributed by atoms with Crippen LogP contribution in [0, 0.1) is 0 Å². The Morgan fingerprint density at radius 2 is 1.51 bits per heavy atom. The van der Waals surface area contributed by atoms with Crippen LogP contribution in [0.2, 0.25) is 5.02 Å². The zero-order chi connectivity index (χ0) is 29.6. The molecule has 0 saturated heterocycles. The second-order valence-electron chi connectivity index (χ2n) is 8.63. The number of hydrogen-bond donors (Lipinski definition) is 2. The van der Waals surface area contributed by atoms with Gasteiger partial charge >= 0.3 is 6.18 Å². The van der Waals surface area contributed by atoms with E-state index in [4.69, 9.17) is 21.1 Å². The van der Waals surface area contributed by atoms with E-state index >= 15 is 0 Å². The number of benzene rings is 4. The summed E-state index contributed by atoms with van der Waals surface area (Å²) in [5.41, 5.74) is 0.0444. The third-order valence-corrected chi connectivity index (χ3v) is 7.40. The molecule has 0 aliphatic rings. The second kappa shape index (κ2) is 13.0. The Balaban J connectivity index is 1.52. The number of alkyl halides is 3. The standard InChI is InChI=1S/C30H24ClF3N2O4S/c1-39-25-15-8-19(16-26(25)40-2)28(37)35-21-10-12-22(13-11-21)41-27(18-6-4-3-5-7-18)29(38)36-24-14-9-20(31)17-23(24)30(32,33)34/h3-17,27H,1-2H3,(H,35,37)(H,36,38). The minimum absolute atomic E-state index is 0.0948. The van der Waals surface area contributed by atoms with Crippen molar-refractivity contribution >= 4 is 46.6 Å². The average molecular weight is 601 g/mol. The highest BCUT2D eigenvalue weighted by atomic mass is 35.5. The number of thioether (sulfide) groups is 1. The van der Waals surface area contributed by atoms with Crippen molar-refractivity contribution in [1.29, 1.82) is 0 Å². The van der Waals surface area contributed by atoms with E-state index in [2.05, 4.69) is 10.6 Å². The van der Waals surface area contributed by atoms with Crippen LogP contribution >= 0.6 is 23.4 Å². The van der Waals surface area contributed by atoms with E-state index in [0.717, 1.165) is 23.9 Å². The number of carbonyl (C=O) groups excluding carboxylic acids is 2. The summed E-state index contributed by atoms with van der Waals surface area (Å²) in [5.74, 6) is -0.0950. The van der Waals surface area contributed by atoms with Crippen molar-refractivity contribution in [3.63, 3.8) is 0 Å². The number of anilines is 2. The Hall–Kier alpha value is -4.15. The van der Waals surface area contributed by atoms with Crippen LogP contribution < -0.4 is 20.1 Å². The summed E-state index contributed by atoms with van der Waals surface area (Å²) in [4.78, 5) is 26.8. The molecule has 0 aliphatic heterocycles. The van der Waals surface area contributed by atoms with Crippen molar-refractivity contribution in [3.8, 4) is 11.5 Å². The molecule has 0 fully saturated rings. The fourth-order valence-electron chi connectivity index (χ4n) is 3.89. The summed E-state index contributed by atoms with van der Waals surface area (Å²) in [6.45, 7) is 0. The Morgan fingerprint density at radius 1 is 0.829 bits per heavy atom.